The van der Waals surface area contributed by atoms with E-state index in [4.69, 9.17) is 14.5 Å². The fraction of sp³-hybridized carbons (Fsp3) is 0.308. The van der Waals surface area contributed by atoms with Gasteiger partial charge >= 0.3 is 5.97 Å². The maximum Gasteiger partial charge on any atom is 0.338 e. The smallest absolute Gasteiger partial charge is 0.338 e. The molecule has 5 rings (SSSR count). The Morgan fingerprint density at radius 3 is 2.42 bits per heavy atom. The first-order valence-corrected chi connectivity index (χ1v) is 11.1. The van der Waals surface area contributed by atoms with Crippen LogP contribution in [0.25, 0.3) is 11.4 Å². The number of methoxy groups -OCH3 is 1. The zero-order chi connectivity index (χ0) is 22.8. The predicted octanol–water partition coefficient (Wildman–Crippen LogP) is 3.63. The Bertz CT molecular complexity index is 1190. The molecule has 1 saturated heterocycles. The summed E-state index contributed by atoms with van der Waals surface area (Å²) in [7, 11) is 1.32. The number of likely N-dealkylation sites (tertiary alicyclic amines) is 1. The van der Waals surface area contributed by atoms with Crippen LogP contribution in [0.3, 0.4) is 0 Å². The molecule has 0 unspecified atom stereocenters. The number of carbonyl (C=O) groups excluding carboxylic acids is 2. The van der Waals surface area contributed by atoms with E-state index in [1.165, 1.54) is 7.11 Å². The minimum Gasteiger partial charge on any atom is -0.465 e. The van der Waals surface area contributed by atoms with E-state index in [0.717, 1.165) is 23.2 Å². The molecule has 3 aromatic rings. The Morgan fingerprint density at radius 1 is 1.00 bits per heavy atom. The maximum absolute atomic E-state index is 13.2. The Balaban J connectivity index is 1.40. The van der Waals surface area contributed by atoms with Crippen LogP contribution in [-0.2, 0) is 21.5 Å². The van der Waals surface area contributed by atoms with Crippen molar-refractivity contribution in [2.24, 2.45) is 0 Å². The van der Waals surface area contributed by atoms with Gasteiger partial charge in [0.15, 0.2) is 5.82 Å². The van der Waals surface area contributed by atoms with Gasteiger partial charge in [0.05, 0.1) is 30.5 Å². The summed E-state index contributed by atoms with van der Waals surface area (Å²) in [6.45, 7) is 1.64. The molecule has 1 amide bonds. The summed E-state index contributed by atoms with van der Waals surface area (Å²) >= 11 is 0. The van der Waals surface area contributed by atoms with Crippen molar-refractivity contribution in [2.45, 2.75) is 24.9 Å². The number of carbonyl (C=O) groups is 2. The van der Waals surface area contributed by atoms with Crippen molar-refractivity contribution in [1.82, 2.24) is 14.9 Å². The summed E-state index contributed by atoms with van der Waals surface area (Å²) in [5, 5.41) is 0. The van der Waals surface area contributed by atoms with Crippen LogP contribution in [0.1, 0.15) is 44.8 Å². The van der Waals surface area contributed by atoms with E-state index in [1.54, 1.807) is 29.2 Å². The zero-order valence-corrected chi connectivity index (χ0v) is 18.5. The lowest BCUT2D eigenvalue weighted by Gasteiger charge is -2.44. The van der Waals surface area contributed by atoms with Crippen molar-refractivity contribution < 1.29 is 19.1 Å². The second kappa shape index (κ2) is 8.75. The fourth-order valence-electron chi connectivity index (χ4n) is 4.72. The Kier molecular flexibility index (Phi) is 5.64. The molecule has 1 fully saturated rings. The molecule has 2 aliphatic rings. The average molecular weight is 444 g/mol. The topological polar surface area (TPSA) is 81.6 Å². The molecule has 7 nitrogen and oxygen atoms in total. The third-order valence-corrected chi connectivity index (χ3v) is 6.50. The number of piperidine rings is 1. The van der Waals surface area contributed by atoms with E-state index in [9.17, 15) is 9.59 Å². The molecule has 33 heavy (non-hydrogen) atoms. The number of esters is 1. The quantitative estimate of drug-likeness (QED) is 0.575. The molecule has 0 saturated carbocycles. The van der Waals surface area contributed by atoms with Gasteiger partial charge in [-0.15, -0.1) is 0 Å². The summed E-state index contributed by atoms with van der Waals surface area (Å²) in [5.41, 5.74) is 3.12. The monoisotopic (exact) mass is 443 g/mol. The van der Waals surface area contributed by atoms with Gasteiger partial charge in [-0.25, -0.2) is 14.8 Å². The first-order valence-electron chi connectivity index (χ1n) is 11.1. The molecular formula is C26H25N3O4. The van der Waals surface area contributed by atoms with Gasteiger partial charge in [0, 0.05) is 24.8 Å². The van der Waals surface area contributed by atoms with Crippen molar-refractivity contribution >= 4 is 11.9 Å². The highest BCUT2D eigenvalue weighted by atomic mass is 16.5. The van der Waals surface area contributed by atoms with Crippen LogP contribution in [-0.4, -0.2) is 53.6 Å². The second-order valence-electron chi connectivity index (χ2n) is 8.36. The lowest BCUT2D eigenvalue weighted by Crippen LogP contribution is -2.49. The van der Waals surface area contributed by atoms with Gasteiger partial charge < -0.3 is 14.4 Å². The second-order valence-corrected chi connectivity index (χ2v) is 8.36. The van der Waals surface area contributed by atoms with E-state index < -0.39 is 11.6 Å². The number of hydrogen-bond acceptors (Lipinski definition) is 6. The lowest BCUT2D eigenvalue weighted by atomic mass is 9.83. The van der Waals surface area contributed by atoms with Gasteiger partial charge in [0.2, 0.25) is 0 Å². The number of ether oxygens (including phenoxy) is 2. The molecular weight excluding hydrogens is 418 g/mol. The number of amides is 1. The first-order chi connectivity index (χ1) is 16.1. The van der Waals surface area contributed by atoms with Crippen LogP contribution in [0, 0.1) is 0 Å². The molecule has 1 aromatic heterocycles. The van der Waals surface area contributed by atoms with E-state index in [2.05, 4.69) is 4.98 Å². The van der Waals surface area contributed by atoms with Gasteiger partial charge in [0.1, 0.15) is 5.60 Å². The summed E-state index contributed by atoms with van der Waals surface area (Å²) < 4.78 is 11.2. The van der Waals surface area contributed by atoms with Gasteiger partial charge in [0.25, 0.3) is 5.91 Å². The average Bonchev–Trinajstić information content (AvgIpc) is 2.89. The number of hydrogen-bond donors (Lipinski definition) is 0. The van der Waals surface area contributed by atoms with Crippen LogP contribution in [0.4, 0.5) is 0 Å². The van der Waals surface area contributed by atoms with Crippen molar-refractivity contribution in [3.05, 3.63) is 83.2 Å². The third kappa shape index (κ3) is 3.89. The summed E-state index contributed by atoms with van der Waals surface area (Å²) in [6, 6.07) is 16.7. The molecule has 1 spiro atoms. The highest BCUT2D eigenvalue weighted by molar-refractivity contribution is 6.05. The Hall–Kier alpha value is -3.58. The molecule has 3 heterocycles. The largest absolute Gasteiger partial charge is 0.465 e. The van der Waals surface area contributed by atoms with Gasteiger partial charge in [-0.1, -0.05) is 42.5 Å². The standard InChI is InChI=1S/C26H25N3O4/c1-32-25(31)21-10-6-5-9-20(21)24(30)29-14-12-26(13-15-29)22-19(11-16-33-26)17-27-23(28-22)18-7-3-2-4-8-18/h2-10,17H,11-16H2,1H3. The van der Waals surface area contributed by atoms with Gasteiger partial charge in [-0.05, 0) is 37.0 Å². The molecule has 0 bridgehead atoms. The van der Waals surface area contributed by atoms with Crippen LogP contribution >= 0.6 is 0 Å². The minimum atomic E-state index is -0.529. The minimum absolute atomic E-state index is 0.172. The molecule has 0 atom stereocenters. The normalized spacial score (nSPS) is 16.8. The number of aromatic nitrogens is 2. The van der Waals surface area contributed by atoms with Crippen LogP contribution in [0.2, 0.25) is 0 Å². The van der Waals surface area contributed by atoms with E-state index in [-0.39, 0.29) is 11.5 Å². The SMILES string of the molecule is COC(=O)c1ccccc1C(=O)N1CCC2(CC1)OCCc1cnc(-c3ccccc3)nc12. The van der Waals surface area contributed by atoms with Crippen LogP contribution < -0.4 is 0 Å². The number of rotatable bonds is 3. The maximum atomic E-state index is 13.2. The van der Waals surface area contributed by atoms with Crippen LogP contribution in [0.5, 0.6) is 0 Å². The third-order valence-electron chi connectivity index (χ3n) is 6.50. The van der Waals surface area contributed by atoms with Crippen molar-refractivity contribution in [1.29, 1.82) is 0 Å². The summed E-state index contributed by atoms with van der Waals surface area (Å²) in [6.07, 6.45) is 3.97. The number of benzene rings is 2. The Morgan fingerprint density at radius 2 is 1.70 bits per heavy atom. The summed E-state index contributed by atoms with van der Waals surface area (Å²) in [4.78, 5) is 36.7. The van der Waals surface area contributed by atoms with E-state index in [0.29, 0.717) is 43.9 Å². The van der Waals surface area contributed by atoms with Crippen molar-refractivity contribution in [3.63, 3.8) is 0 Å². The molecule has 7 heteroatoms. The fourth-order valence-corrected chi connectivity index (χ4v) is 4.72. The molecule has 2 aromatic carbocycles. The molecule has 0 aliphatic carbocycles. The Labute approximate surface area is 192 Å². The van der Waals surface area contributed by atoms with E-state index >= 15 is 0 Å². The highest BCUT2D eigenvalue weighted by Gasteiger charge is 2.43. The van der Waals surface area contributed by atoms with E-state index in [1.807, 2.05) is 36.5 Å². The number of fused-ring (bicyclic) bond motifs is 2. The molecule has 0 N–H and O–H groups in total. The summed E-state index contributed by atoms with van der Waals surface area (Å²) in [5.74, 6) is 0.00129. The zero-order valence-electron chi connectivity index (χ0n) is 18.5. The first kappa shape index (κ1) is 21.3. The predicted molar refractivity (Wildman–Crippen MR) is 122 cm³/mol. The van der Waals surface area contributed by atoms with Crippen LogP contribution in [0.15, 0.2) is 60.8 Å². The van der Waals surface area contributed by atoms with Crippen molar-refractivity contribution in [3.8, 4) is 11.4 Å². The van der Waals surface area contributed by atoms with Gasteiger partial charge in [-0.2, -0.15) is 0 Å². The number of nitrogens with zero attached hydrogens (tertiary/aromatic N) is 3. The molecule has 168 valence electrons. The van der Waals surface area contributed by atoms with Crippen molar-refractivity contribution in [2.75, 3.05) is 26.8 Å². The molecule has 2 aliphatic heterocycles. The van der Waals surface area contributed by atoms with Gasteiger partial charge in [-0.3, -0.25) is 4.79 Å². The highest BCUT2D eigenvalue weighted by Crippen LogP contribution is 2.41. The lowest BCUT2D eigenvalue weighted by molar-refractivity contribution is -0.0967. The molecule has 0 radical (unpaired) electrons.